The molecule has 3 heterocycles. The molecule has 2 aromatic carbocycles. The molecule has 5 rings (SSSR count). The lowest BCUT2D eigenvalue weighted by atomic mass is 10.0. The molecule has 4 aromatic rings. The van der Waals surface area contributed by atoms with Crippen molar-refractivity contribution in [1.29, 1.82) is 0 Å². The maximum absolute atomic E-state index is 13.9. The number of halogens is 1. The first kappa shape index (κ1) is 22.7. The van der Waals surface area contributed by atoms with Gasteiger partial charge in [-0.25, -0.2) is 4.39 Å². The van der Waals surface area contributed by atoms with Gasteiger partial charge in [0.1, 0.15) is 24.2 Å². The Morgan fingerprint density at radius 2 is 1.71 bits per heavy atom. The van der Waals surface area contributed by atoms with Gasteiger partial charge in [-0.2, -0.15) is 0 Å². The van der Waals surface area contributed by atoms with Gasteiger partial charge in [-0.1, -0.05) is 24.3 Å². The molecule has 2 amide bonds. The van der Waals surface area contributed by atoms with Crippen molar-refractivity contribution in [3.8, 4) is 5.69 Å². The number of aromatic nitrogens is 1. The Morgan fingerprint density at radius 1 is 0.971 bits per heavy atom. The van der Waals surface area contributed by atoms with Gasteiger partial charge in [0.15, 0.2) is 0 Å². The molecule has 0 fully saturated rings. The lowest BCUT2D eigenvalue weighted by molar-refractivity contribution is -0.136. The van der Waals surface area contributed by atoms with Crippen molar-refractivity contribution in [2.75, 3.05) is 11.4 Å². The molecule has 7 heteroatoms. The van der Waals surface area contributed by atoms with E-state index >= 15 is 0 Å². The van der Waals surface area contributed by atoms with Gasteiger partial charge in [0.25, 0.3) is 0 Å². The van der Waals surface area contributed by atoms with Crippen molar-refractivity contribution in [1.82, 2.24) is 9.47 Å². The Labute approximate surface area is 203 Å². The lowest BCUT2D eigenvalue weighted by Gasteiger charge is -2.38. The van der Waals surface area contributed by atoms with E-state index in [2.05, 4.69) is 4.57 Å². The number of carbonyl (C=O) groups is 2. The van der Waals surface area contributed by atoms with Crippen LogP contribution in [-0.2, 0) is 16.0 Å². The fraction of sp³-hybridized carbons (Fsp3) is 0.214. The monoisotopic (exact) mass is 471 g/mol. The minimum atomic E-state index is -0.469. The van der Waals surface area contributed by atoms with Crippen LogP contribution >= 0.6 is 0 Å². The van der Waals surface area contributed by atoms with E-state index in [1.165, 1.54) is 12.1 Å². The molecule has 178 valence electrons. The van der Waals surface area contributed by atoms with E-state index in [9.17, 15) is 14.0 Å². The van der Waals surface area contributed by atoms with Gasteiger partial charge < -0.3 is 13.9 Å². The minimum absolute atomic E-state index is 0.0901. The zero-order valence-corrected chi connectivity index (χ0v) is 19.6. The summed E-state index contributed by atoms with van der Waals surface area (Å²) in [4.78, 5) is 30.5. The number of anilines is 1. The second-order valence-corrected chi connectivity index (χ2v) is 8.89. The molecule has 0 bridgehead atoms. The number of hydrogen-bond donors (Lipinski definition) is 0. The van der Waals surface area contributed by atoms with Gasteiger partial charge in [-0.3, -0.25) is 14.5 Å². The van der Waals surface area contributed by atoms with Crippen LogP contribution < -0.4 is 4.90 Å². The third kappa shape index (κ3) is 4.25. The third-order valence-electron chi connectivity index (χ3n) is 6.32. The molecular formula is C28H26FN3O3. The number of nitrogens with zero attached hydrogens (tertiary/aromatic N) is 3. The van der Waals surface area contributed by atoms with Crippen LogP contribution in [0.25, 0.3) is 5.69 Å². The number of para-hydroxylation sites is 2. The molecule has 2 aromatic heterocycles. The second-order valence-electron chi connectivity index (χ2n) is 8.89. The third-order valence-corrected chi connectivity index (χ3v) is 6.32. The zero-order chi connectivity index (χ0) is 24.5. The number of fused-ring (bicyclic) bond motifs is 3. The summed E-state index contributed by atoms with van der Waals surface area (Å²) in [7, 11) is 0. The van der Waals surface area contributed by atoms with Crippen LogP contribution in [0, 0.1) is 5.82 Å². The van der Waals surface area contributed by atoms with Gasteiger partial charge in [-0.15, -0.1) is 0 Å². The average Bonchev–Trinajstić information content (AvgIpc) is 3.55. The molecule has 1 atom stereocenters. The lowest BCUT2D eigenvalue weighted by Crippen LogP contribution is -2.49. The summed E-state index contributed by atoms with van der Waals surface area (Å²) < 4.78 is 21.1. The standard InChI is InChI=1S/C28H26FN3O3/c1-19(2)31(26(33)17-20-11-13-21(29)14-12-20)18-27(34)32-23-8-4-3-7-22(23)30-15-5-9-24(30)28(32)25-10-6-16-35-25/h3-16,19,28H,17-18H2,1-2H3. The Kier molecular flexibility index (Phi) is 5.99. The summed E-state index contributed by atoms with van der Waals surface area (Å²) in [6.07, 6.45) is 3.66. The average molecular weight is 472 g/mol. The molecule has 1 aliphatic rings. The zero-order valence-electron chi connectivity index (χ0n) is 19.6. The van der Waals surface area contributed by atoms with Gasteiger partial charge >= 0.3 is 0 Å². The number of amides is 2. The summed E-state index contributed by atoms with van der Waals surface area (Å²) in [6, 6.07) is 20.5. The van der Waals surface area contributed by atoms with Crippen LogP contribution in [0.5, 0.6) is 0 Å². The molecule has 0 radical (unpaired) electrons. The van der Waals surface area contributed by atoms with Crippen molar-refractivity contribution in [2.24, 2.45) is 0 Å². The van der Waals surface area contributed by atoms with Crippen molar-refractivity contribution >= 4 is 17.5 Å². The van der Waals surface area contributed by atoms with Crippen molar-refractivity contribution in [3.63, 3.8) is 0 Å². The topological polar surface area (TPSA) is 58.7 Å². The first-order valence-corrected chi connectivity index (χ1v) is 11.6. The molecule has 0 saturated carbocycles. The molecule has 35 heavy (non-hydrogen) atoms. The highest BCUT2D eigenvalue weighted by atomic mass is 19.1. The molecule has 0 aliphatic carbocycles. The fourth-order valence-electron chi connectivity index (χ4n) is 4.64. The highest BCUT2D eigenvalue weighted by Gasteiger charge is 2.38. The molecule has 0 saturated heterocycles. The van der Waals surface area contributed by atoms with Crippen LogP contribution in [-0.4, -0.2) is 33.9 Å². The number of furan rings is 1. The van der Waals surface area contributed by atoms with Crippen molar-refractivity contribution in [2.45, 2.75) is 32.4 Å². The van der Waals surface area contributed by atoms with Gasteiger partial charge in [-0.05, 0) is 67.9 Å². The summed E-state index contributed by atoms with van der Waals surface area (Å²) >= 11 is 0. The van der Waals surface area contributed by atoms with Crippen molar-refractivity contribution < 1.29 is 18.4 Å². The SMILES string of the molecule is CC(C)N(CC(=O)N1c2ccccc2-n2cccc2C1c1ccco1)C(=O)Cc1ccc(F)cc1. The van der Waals surface area contributed by atoms with E-state index in [1.807, 2.05) is 62.5 Å². The van der Waals surface area contributed by atoms with Crippen LogP contribution in [0.15, 0.2) is 89.7 Å². The number of carbonyl (C=O) groups excluding carboxylic acids is 2. The molecule has 0 N–H and O–H groups in total. The quantitative estimate of drug-likeness (QED) is 0.392. The number of benzene rings is 2. The fourth-order valence-corrected chi connectivity index (χ4v) is 4.64. The Bertz CT molecular complexity index is 1340. The number of hydrogen-bond acceptors (Lipinski definition) is 3. The maximum atomic E-state index is 13.9. The summed E-state index contributed by atoms with van der Waals surface area (Å²) in [6.45, 7) is 3.67. The Morgan fingerprint density at radius 3 is 2.40 bits per heavy atom. The Hall–Kier alpha value is -4.13. The van der Waals surface area contributed by atoms with E-state index in [0.29, 0.717) is 11.3 Å². The summed E-state index contributed by atoms with van der Waals surface area (Å²) in [5.41, 5.74) is 3.24. The minimum Gasteiger partial charge on any atom is -0.467 e. The summed E-state index contributed by atoms with van der Waals surface area (Å²) in [5, 5.41) is 0. The molecular weight excluding hydrogens is 445 g/mol. The maximum Gasteiger partial charge on any atom is 0.247 e. The van der Waals surface area contributed by atoms with Crippen molar-refractivity contribution in [3.05, 3.63) is 108 Å². The van der Waals surface area contributed by atoms with E-state index < -0.39 is 6.04 Å². The predicted molar refractivity (Wildman–Crippen MR) is 131 cm³/mol. The number of rotatable bonds is 6. The molecule has 1 aliphatic heterocycles. The van der Waals surface area contributed by atoms with Gasteiger partial charge in [0, 0.05) is 12.2 Å². The molecule has 1 unspecified atom stereocenters. The van der Waals surface area contributed by atoms with E-state index in [4.69, 9.17) is 4.42 Å². The first-order valence-electron chi connectivity index (χ1n) is 11.6. The highest BCUT2D eigenvalue weighted by molar-refractivity contribution is 6.00. The predicted octanol–water partition coefficient (Wildman–Crippen LogP) is 5.13. The highest BCUT2D eigenvalue weighted by Crippen LogP contribution is 2.42. The van der Waals surface area contributed by atoms with Crippen LogP contribution in [0.3, 0.4) is 0 Å². The smallest absolute Gasteiger partial charge is 0.247 e. The molecule has 0 spiro atoms. The van der Waals surface area contributed by atoms with Crippen LogP contribution in [0.1, 0.15) is 36.9 Å². The Balaban J connectivity index is 1.48. The molecule has 6 nitrogen and oxygen atoms in total. The van der Waals surface area contributed by atoms with Gasteiger partial charge in [0.05, 0.1) is 29.8 Å². The first-order chi connectivity index (χ1) is 16.9. The van der Waals surface area contributed by atoms with E-state index in [1.54, 1.807) is 34.3 Å². The second kappa shape index (κ2) is 9.25. The van der Waals surface area contributed by atoms with Crippen LogP contribution in [0.4, 0.5) is 10.1 Å². The van der Waals surface area contributed by atoms with E-state index in [0.717, 1.165) is 17.1 Å². The summed E-state index contributed by atoms with van der Waals surface area (Å²) in [5.74, 6) is -0.119. The van der Waals surface area contributed by atoms with E-state index in [-0.39, 0.29) is 36.6 Å². The van der Waals surface area contributed by atoms with Gasteiger partial charge in [0.2, 0.25) is 11.8 Å². The van der Waals surface area contributed by atoms with Crippen LogP contribution in [0.2, 0.25) is 0 Å². The normalized spacial score (nSPS) is 14.5. The largest absolute Gasteiger partial charge is 0.467 e.